The summed E-state index contributed by atoms with van der Waals surface area (Å²) >= 11 is 0. The molecule has 3 rings (SSSR count). The van der Waals surface area contributed by atoms with Crippen LogP contribution in [0.3, 0.4) is 0 Å². The van der Waals surface area contributed by atoms with E-state index in [9.17, 15) is 9.59 Å². The zero-order valence-corrected chi connectivity index (χ0v) is 15.3. The predicted octanol–water partition coefficient (Wildman–Crippen LogP) is 3.58. The van der Waals surface area contributed by atoms with Gasteiger partial charge in [-0.15, -0.1) is 0 Å². The number of carbonyl (C=O) groups excluding carboxylic acids is 2. The maximum absolute atomic E-state index is 12.6. The number of rotatable bonds is 5. The molecule has 0 spiro atoms. The highest BCUT2D eigenvalue weighted by atomic mass is 16.2. The Morgan fingerprint density at radius 1 is 1.00 bits per heavy atom. The molecule has 138 valence electrons. The highest BCUT2D eigenvalue weighted by molar-refractivity contribution is 5.99. The molecule has 0 aliphatic rings. The Kier molecular flexibility index (Phi) is 5.66. The number of nitrogens with one attached hydrogen (secondary N) is 2. The largest absolute Gasteiger partial charge is 0.349 e. The molecule has 2 aromatic carbocycles. The van der Waals surface area contributed by atoms with Crippen LogP contribution in [-0.2, 0) is 4.79 Å². The molecular weight excluding hydrogens is 340 g/mol. The van der Waals surface area contributed by atoms with Crippen LogP contribution in [0, 0.1) is 0 Å². The molecule has 0 fully saturated rings. The molecule has 3 amide bonds. The minimum Gasteiger partial charge on any atom is -0.349 e. The summed E-state index contributed by atoms with van der Waals surface area (Å²) in [6.07, 6.45) is 1.87. The van der Waals surface area contributed by atoms with E-state index < -0.39 is 6.04 Å². The fraction of sp³-hybridized carbons (Fsp3) is 0.190. The topological polar surface area (TPSA) is 74.3 Å². The second kappa shape index (κ2) is 8.31. The molecule has 27 heavy (non-hydrogen) atoms. The smallest absolute Gasteiger partial charge is 0.319 e. The molecule has 6 nitrogen and oxygen atoms in total. The first-order valence-electron chi connectivity index (χ1n) is 8.71. The number of anilines is 1. The van der Waals surface area contributed by atoms with Gasteiger partial charge < -0.3 is 15.5 Å². The summed E-state index contributed by atoms with van der Waals surface area (Å²) in [6.45, 7) is 0. The van der Waals surface area contributed by atoms with Crippen molar-refractivity contribution in [2.75, 3.05) is 19.4 Å². The summed E-state index contributed by atoms with van der Waals surface area (Å²) in [5.41, 5.74) is 2.21. The van der Waals surface area contributed by atoms with Gasteiger partial charge in [-0.05, 0) is 17.7 Å². The van der Waals surface area contributed by atoms with E-state index in [1.807, 2.05) is 54.6 Å². The summed E-state index contributed by atoms with van der Waals surface area (Å²) < 4.78 is 0. The Hall–Kier alpha value is -3.41. The molecule has 0 saturated heterocycles. The average molecular weight is 362 g/mol. The third kappa shape index (κ3) is 4.61. The van der Waals surface area contributed by atoms with Crippen LogP contribution in [0.15, 0.2) is 66.9 Å². The second-order valence-corrected chi connectivity index (χ2v) is 6.43. The molecule has 3 aromatic rings. The number of aromatic nitrogens is 1. The van der Waals surface area contributed by atoms with E-state index in [-0.39, 0.29) is 18.4 Å². The zero-order valence-electron chi connectivity index (χ0n) is 15.3. The van der Waals surface area contributed by atoms with E-state index in [4.69, 9.17) is 0 Å². The van der Waals surface area contributed by atoms with Crippen molar-refractivity contribution >= 4 is 28.5 Å². The van der Waals surface area contributed by atoms with Crippen molar-refractivity contribution in [3.63, 3.8) is 0 Å². The fourth-order valence-electron chi connectivity index (χ4n) is 2.82. The van der Waals surface area contributed by atoms with Gasteiger partial charge in [0.05, 0.1) is 23.7 Å². The van der Waals surface area contributed by atoms with E-state index in [0.29, 0.717) is 5.69 Å². The third-order valence-electron chi connectivity index (χ3n) is 4.27. The average Bonchev–Trinajstić information content (AvgIpc) is 2.68. The van der Waals surface area contributed by atoms with Crippen molar-refractivity contribution in [3.8, 4) is 0 Å². The highest BCUT2D eigenvalue weighted by Crippen LogP contribution is 2.22. The third-order valence-corrected chi connectivity index (χ3v) is 4.27. The maximum atomic E-state index is 12.6. The molecule has 1 atom stereocenters. The minimum atomic E-state index is -0.427. The predicted molar refractivity (Wildman–Crippen MR) is 106 cm³/mol. The summed E-state index contributed by atoms with van der Waals surface area (Å²) in [5.74, 6) is -0.0593. The quantitative estimate of drug-likeness (QED) is 0.729. The number of hydrogen-bond acceptors (Lipinski definition) is 3. The first-order valence-corrected chi connectivity index (χ1v) is 8.71. The molecule has 0 aliphatic heterocycles. The van der Waals surface area contributed by atoms with Gasteiger partial charge in [-0.25, -0.2) is 4.79 Å². The first kappa shape index (κ1) is 18.4. The second-order valence-electron chi connectivity index (χ2n) is 6.43. The SMILES string of the molecule is CN(C)C(=O)CC(NC(=O)Nc1cccc2cccnc12)c1ccccc1. The van der Waals surface area contributed by atoms with Crippen molar-refractivity contribution in [1.82, 2.24) is 15.2 Å². The Morgan fingerprint density at radius 2 is 1.74 bits per heavy atom. The van der Waals surface area contributed by atoms with E-state index in [2.05, 4.69) is 15.6 Å². The summed E-state index contributed by atoms with van der Waals surface area (Å²) in [5, 5.41) is 6.70. The lowest BCUT2D eigenvalue weighted by Gasteiger charge is -2.21. The lowest BCUT2D eigenvalue weighted by atomic mass is 10.0. The van der Waals surface area contributed by atoms with Gasteiger partial charge in [-0.1, -0.05) is 48.5 Å². The van der Waals surface area contributed by atoms with E-state index >= 15 is 0 Å². The molecule has 0 saturated carbocycles. The van der Waals surface area contributed by atoms with Crippen LogP contribution in [0.2, 0.25) is 0 Å². The van der Waals surface area contributed by atoms with Crippen molar-refractivity contribution < 1.29 is 9.59 Å². The molecule has 1 aromatic heterocycles. The molecule has 2 N–H and O–H groups in total. The number of hydrogen-bond donors (Lipinski definition) is 2. The molecule has 0 aliphatic carbocycles. The summed E-state index contributed by atoms with van der Waals surface area (Å²) in [6, 6.07) is 18.1. The molecular formula is C21H22N4O2. The van der Waals surface area contributed by atoms with Gasteiger partial charge in [0.25, 0.3) is 0 Å². The van der Waals surface area contributed by atoms with Crippen LogP contribution in [-0.4, -0.2) is 35.9 Å². The Labute approximate surface area is 158 Å². The first-order chi connectivity index (χ1) is 13.0. The fourth-order valence-corrected chi connectivity index (χ4v) is 2.82. The number of para-hydroxylation sites is 1. The summed E-state index contributed by atoms with van der Waals surface area (Å²) in [4.78, 5) is 30.7. The van der Waals surface area contributed by atoms with Crippen molar-refractivity contribution in [3.05, 3.63) is 72.4 Å². The van der Waals surface area contributed by atoms with Gasteiger partial charge in [0, 0.05) is 25.7 Å². The molecule has 1 heterocycles. The highest BCUT2D eigenvalue weighted by Gasteiger charge is 2.19. The summed E-state index contributed by atoms with van der Waals surface area (Å²) in [7, 11) is 3.40. The Morgan fingerprint density at radius 3 is 2.48 bits per heavy atom. The van der Waals surface area contributed by atoms with E-state index in [0.717, 1.165) is 16.5 Å². The van der Waals surface area contributed by atoms with Gasteiger partial charge in [0.15, 0.2) is 0 Å². The van der Waals surface area contributed by atoms with Crippen molar-refractivity contribution in [1.29, 1.82) is 0 Å². The molecule has 6 heteroatoms. The van der Waals surface area contributed by atoms with Crippen LogP contribution in [0.25, 0.3) is 10.9 Å². The van der Waals surface area contributed by atoms with Crippen molar-refractivity contribution in [2.24, 2.45) is 0 Å². The molecule has 0 radical (unpaired) electrons. The number of benzene rings is 2. The van der Waals surface area contributed by atoms with Crippen LogP contribution < -0.4 is 10.6 Å². The lowest BCUT2D eigenvalue weighted by molar-refractivity contribution is -0.129. The molecule has 0 bridgehead atoms. The Bertz CT molecular complexity index is 936. The number of fused-ring (bicyclic) bond motifs is 1. The van der Waals surface area contributed by atoms with Gasteiger partial charge in [-0.2, -0.15) is 0 Å². The van der Waals surface area contributed by atoms with Crippen LogP contribution >= 0.6 is 0 Å². The number of nitrogens with zero attached hydrogens (tertiary/aromatic N) is 2. The monoisotopic (exact) mass is 362 g/mol. The van der Waals surface area contributed by atoms with Gasteiger partial charge in [-0.3, -0.25) is 9.78 Å². The van der Waals surface area contributed by atoms with Gasteiger partial charge in [0.2, 0.25) is 5.91 Å². The van der Waals surface area contributed by atoms with Gasteiger partial charge >= 0.3 is 6.03 Å². The van der Waals surface area contributed by atoms with Crippen molar-refractivity contribution in [2.45, 2.75) is 12.5 Å². The number of urea groups is 1. The van der Waals surface area contributed by atoms with Gasteiger partial charge in [0.1, 0.15) is 0 Å². The maximum Gasteiger partial charge on any atom is 0.319 e. The normalized spacial score (nSPS) is 11.6. The van der Waals surface area contributed by atoms with Crippen LogP contribution in [0.4, 0.5) is 10.5 Å². The molecule has 1 unspecified atom stereocenters. The standard InChI is InChI=1S/C21H22N4O2/c1-25(2)19(26)14-18(15-8-4-3-5-9-15)24-21(27)23-17-12-6-10-16-11-7-13-22-20(16)17/h3-13,18H,14H2,1-2H3,(H2,23,24,27). The van der Waals surface area contributed by atoms with E-state index in [1.54, 1.807) is 26.4 Å². The van der Waals surface area contributed by atoms with Crippen LogP contribution in [0.5, 0.6) is 0 Å². The van der Waals surface area contributed by atoms with E-state index in [1.165, 1.54) is 4.90 Å². The number of pyridine rings is 1. The number of carbonyl (C=O) groups is 2. The van der Waals surface area contributed by atoms with Crippen LogP contribution in [0.1, 0.15) is 18.0 Å². The zero-order chi connectivity index (χ0) is 19.2. The lowest BCUT2D eigenvalue weighted by Crippen LogP contribution is -2.36. The number of amides is 3. The minimum absolute atomic E-state index is 0.0593. The Balaban J connectivity index is 1.78.